The van der Waals surface area contributed by atoms with Crippen molar-refractivity contribution in [3.05, 3.63) is 49.1 Å². The normalized spacial score (nSPS) is 11.9. The van der Waals surface area contributed by atoms with Crippen molar-refractivity contribution in [2.24, 2.45) is 0 Å². The van der Waals surface area contributed by atoms with Gasteiger partial charge in [-0.1, -0.05) is 43.5 Å². The van der Waals surface area contributed by atoms with E-state index in [1.165, 1.54) is 0 Å². The summed E-state index contributed by atoms with van der Waals surface area (Å²) in [5.74, 6) is 0.639. The topological polar surface area (TPSA) is 0 Å². The minimum Gasteiger partial charge on any atom is -0.126 e. The second-order valence-corrected chi connectivity index (χ2v) is 2.38. The molecule has 0 atom stereocenters. The Morgan fingerprint density at radius 2 is 2.00 bits per heavy atom. The Labute approximate surface area is 73.6 Å². The lowest BCUT2D eigenvalue weighted by atomic mass is 10.2. The molecule has 0 aromatic rings. The zero-order chi connectivity index (χ0) is 8.53. The van der Waals surface area contributed by atoms with Crippen LogP contribution in [0.5, 0.6) is 0 Å². The average Bonchev–Trinajstić information content (AvgIpc) is 2.03. The summed E-state index contributed by atoms with van der Waals surface area (Å²) in [5.41, 5.74) is 1.15. The molecule has 0 bridgehead atoms. The summed E-state index contributed by atoms with van der Waals surface area (Å²) in [6.45, 7) is 7.23. The third-order valence-electron chi connectivity index (χ3n) is 1.20. The molecular formula is C10H13Cl. The van der Waals surface area contributed by atoms with Crippen LogP contribution in [0.3, 0.4) is 0 Å². The Hall–Kier alpha value is -0.750. The van der Waals surface area contributed by atoms with Crippen molar-refractivity contribution in [1.29, 1.82) is 0 Å². The fourth-order valence-corrected chi connectivity index (χ4v) is 0.838. The monoisotopic (exact) mass is 168 g/mol. The highest BCUT2D eigenvalue weighted by atomic mass is 35.5. The predicted octanol–water partition coefficient (Wildman–Crippen LogP) is 3.47. The van der Waals surface area contributed by atoms with Gasteiger partial charge in [-0.2, -0.15) is 0 Å². The van der Waals surface area contributed by atoms with Gasteiger partial charge in [-0.05, 0) is 12.0 Å². The van der Waals surface area contributed by atoms with Gasteiger partial charge in [0.15, 0.2) is 0 Å². The third-order valence-corrected chi connectivity index (χ3v) is 1.39. The molecule has 60 valence electrons. The predicted molar refractivity (Wildman–Crippen MR) is 53.0 cm³/mol. The van der Waals surface area contributed by atoms with Crippen LogP contribution in [0.1, 0.15) is 6.42 Å². The maximum absolute atomic E-state index is 5.55. The summed E-state index contributed by atoms with van der Waals surface area (Å²) in [4.78, 5) is 0. The van der Waals surface area contributed by atoms with E-state index >= 15 is 0 Å². The van der Waals surface area contributed by atoms with Gasteiger partial charge in [0.1, 0.15) is 0 Å². The van der Waals surface area contributed by atoms with Gasteiger partial charge in [0.05, 0.1) is 0 Å². The first-order valence-corrected chi connectivity index (χ1v) is 4.05. The summed E-state index contributed by atoms with van der Waals surface area (Å²) in [6, 6.07) is 0. The van der Waals surface area contributed by atoms with Crippen molar-refractivity contribution in [2.45, 2.75) is 6.42 Å². The van der Waals surface area contributed by atoms with Gasteiger partial charge in [0.25, 0.3) is 0 Å². The van der Waals surface area contributed by atoms with Crippen LogP contribution < -0.4 is 0 Å². The molecule has 0 aromatic heterocycles. The molecule has 0 heterocycles. The Kier molecular flexibility index (Phi) is 6.86. The summed E-state index contributed by atoms with van der Waals surface area (Å²) < 4.78 is 0. The molecule has 0 aliphatic carbocycles. The highest BCUT2D eigenvalue weighted by molar-refractivity contribution is 6.18. The molecule has 0 fully saturated rings. The smallest absolute Gasteiger partial charge is 0.0263 e. The molecular weight excluding hydrogens is 156 g/mol. The first-order valence-electron chi connectivity index (χ1n) is 3.51. The number of halogens is 1. The zero-order valence-electron chi connectivity index (χ0n) is 6.59. The highest BCUT2D eigenvalue weighted by Gasteiger charge is 1.86. The molecule has 0 aliphatic rings. The van der Waals surface area contributed by atoms with Crippen LogP contribution in [0.25, 0.3) is 0 Å². The van der Waals surface area contributed by atoms with Crippen LogP contribution in [0.2, 0.25) is 0 Å². The minimum absolute atomic E-state index is 0.639. The largest absolute Gasteiger partial charge is 0.126 e. The van der Waals surface area contributed by atoms with Crippen molar-refractivity contribution in [3.63, 3.8) is 0 Å². The van der Waals surface area contributed by atoms with E-state index in [2.05, 4.69) is 13.2 Å². The van der Waals surface area contributed by atoms with Gasteiger partial charge in [-0.3, -0.25) is 0 Å². The van der Waals surface area contributed by atoms with E-state index in [0.717, 1.165) is 12.0 Å². The van der Waals surface area contributed by atoms with Gasteiger partial charge >= 0.3 is 0 Å². The molecule has 0 spiro atoms. The van der Waals surface area contributed by atoms with Gasteiger partial charge in [-0.15, -0.1) is 11.6 Å². The molecule has 0 radical (unpaired) electrons. The molecule has 0 aromatic carbocycles. The number of hydrogen-bond donors (Lipinski definition) is 0. The van der Waals surface area contributed by atoms with Crippen molar-refractivity contribution in [2.75, 3.05) is 5.88 Å². The summed E-state index contributed by atoms with van der Waals surface area (Å²) in [6.07, 6.45) is 10.2. The SMILES string of the molecule is C=C/C=C\C=C(\C=C)CCCl. The van der Waals surface area contributed by atoms with E-state index in [4.69, 9.17) is 11.6 Å². The number of rotatable bonds is 5. The lowest BCUT2D eigenvalue weighted by Crippen LogP contribution is -1.77. The molecule has 11 heavy (non-hydrogen) atoms. The van der Waals surface area contributed by atoms with Crippen LogP contribution in [0, 0.1) is 0 Å². The fourth-order valence-electron chi connectivity index (χ4n) is 0.620. The van der Waals surface area contributed by atoms with Crippen molar-refractivity contribution < 1.29 is 0 Å². The summed E-state index contributed by atoms with van der Waals surface area (Å²) in [5, 5.41) is 0. The van der Waals surface area contributed by atoms with E-state index in [1.807, 2.05) is 24.3 Å². The molecule has 0 saturated heterocycles. The van der Waals surface area contributed by atoms with Crippen molar-refractivity contribution in [3.8, 4) is 0 Å². The van der Waals surface area contributed by atoms with Crippen LogP contribution in [0.15, 0.2) is 49.1 Å². The van der Waals surface area contributed by atoms with Crippen molar-refractivity contribution in [1.82, 2.24) is 0 Å². The molecule has 0 aliphatic heterocycles. The highest BCUT2D eigenvalue weighted by Crippen LogP contribution is 2.03. The number of alkyl halides is 1. The second-order valence-electron chi connectivity index (χ2n) is 2.01. The van der Waals surface area contributed by atoms with Crippen LogP contribution in [0.4, 0.5) is 0 Å². The maximum atomic E-state index is 5.55. The lowest BCUT2D eigenvalue weighted by molar-refractivity contribution is 1.16. The molecule has 0 saturated carbocycles. The lowest BCUT2D eigenvalue weighted by Gasteiger charge is -1.93. The van der Waals surface area contributed by atoms with E-state index < -0.39 is 0 Å². The Balaban J connectivity index is 3.99. The first kappa shape index (κ1) is 10.2. The first-order chi connectivity index (χ1) is 5.35. The molecule has 1 heteroatoms. The van der Waals surface area contributed by atoms with E-state index in [-0.39, 0.29) is 0 Å². The van der Waals surface area contributed by atoms with E-state index in [1.54, 1.807) is 6.08 Å². The quantitative estimate of drug-likeness (QED) is 0.436. The molecule has 0 nitrogen and oxygen atoms in total. The van der Waals surface area contributed by atoms with E-state index in [9.17, 15) is 0 Å². The molecule has 0 N–H and O–H groups in total. The van der Waals surface area contributed by atoms with Gasteiger partial charge < -0.3 is 0 Å². The van der Waals surface area contributed by atoms with Crippen LogP contribution in [-0.4, -0.2) is 5.88 Å². The average molecular weight is 169 g/mol. The minimum atomic E-state index is 0.639. The Bertz CT molecular complexity index is 175. The van der Waals surface area contributed by atoms with Crippen molar-refractivity contribution >= 4 is 11.6 Å². The fraction of sp³-hybridized carbons (Fsp3) is 0.200. The second kappa shape index (κ2) is 7.36. The van der Waals surface area contributed by atoms with Crippen LogP contribution >= 0.6 is 11.6 Å². The standard InChI is InChI=1S/C10H13Cl/c1-3-5-6-7-10(4-2)8-9-11/h3-7H,1-2,8-9H2/b6-5-,10-7-. The van der Waals surface area contributed by atoms with Crippen LogP contribution in [-0.2, 0) is 0 Å². The van der Waals surface area contributed by atoms with Gasteiger partial charge in [0.2, 0.25) is 0 Å². The van der Waals surface area contributed by atoms with Gasteiger partial charge in [-0.25, -0.2) is 0 Å². The molecule has 0 amide bonds. The summed E-state index contributed by atoms with van der Waals surface area (Å²) in [7, 11) is 0. The molecule has 0 rings (SSSR count). The van der Waals surface area contributed by atoms with E-state index in [0.29, 0.717) is 5.88 Å². The zero-order valence-corrected chi connectivity index (χ0v) is 7.35. The number of allylic oxidation sites excluding steroid dienone is 6. The number of hydrogen-bond acceptors (Lipinski definition) is 0. The Morgan fingerprint density at radius 1 is 1.27 bits per heavy atom. The summed E-state index contributed by atoms with van der Waals surface area (Å²) >= 11 is 5.55. The molecule has 0 unspecified atom stereocenters. The third kappa shape index (κ3) is 5.68. The maximum Gasteiger partial charge on any atom is 0.0263 e. The Morgan fingerprint density at radius 3 is 2.45 bits per heavy atom. The van der Waals surface area contributed by atoms with Gasteiger partial charge in [0, 0.05) is 5.88 Å².